The fourth-order valence-corrected chi connectivity index (χ4v) is 2.45. The van der Waals surface area contributed by atoms with Gasteiger partial charge in [0.05, 0.1) is 0 Å². The van der Waals surface area contributed by atoms with Crippen molar-refractivity contribution in [3.63, 3.8) is 0 Å². The van der Waals surface area contributed by atoms with Gasteiger partial charge >= 0.3 is 0 Å². The van der Waals surface area contributed by atoms with Crippen molar-refractivity contribution < 1.29 is 10.2 Å². The first-order chi connectivity index (χ1) is 9.70. The van der Waals surface area contributed by atoms with Crippen LogP contribution in [0.1, 0.15) is 5.56 Å². The minimum absolute atomic E-state index is 0. The Bertz CT molecular complexity index is 773. The summed E-state index contributed by atoms with van der Waals surface area (Å²) in [5.41, 5.74) is 8.77. The van der Waals surface area contributed by atoms with Gasteiger partial charge in [-0.15, -0.1) is 12.4 Å². The van der Waals surface area contributed by atoms with Crippen LogP contribution in [-0.4, -0.2) is 10.2 Å². The zero-order valence-electron chi connectivity index (χ0n) is 11.3. The molecular formula is C17H16ClNO2. The molecule has 0 spiro atoms. The molecule has 0 aliphatic rings. The lowest BCUT2D eigenvalue weighted by Crippen LogP contribution is -1.98. The summed E-state index contributed by atoms with van der Waals surface area (Å²) < 4.78 is 0. The number of halogens is 1. The van der Waals surface area contributed by atoms with Crippen molar-refractivity contribution in [1.29, 1.82) is 0 Å². The van der Waals surface area contributed by atoms with E-state index in [0.29, 0.717) is 11.9 Å². The smallest absolute Gasteiger partial charge is 0.165 e. The van der Waals surface area contributed by atoms with Gasteiger partial charge in [-0.2, -0.15) is 0 Å². The Morgan fingerprint density at radius 3 is 2.19 bits per heavy atom. The molecule has 0 aromatic heterocycles. The molecule has 0 radical (unpaired) electrons. The summed E-state index contributed by atoms with van der Waals surface area (Å²) in [7, 11) is 0. The van der Waals surface area contributed by atoms with Crippen molar-refractivity contribution in [2.24, 2.45) is 5.73 Å². The maximum absolute atomic E-state index is 10.1. The quantitative estimate of drug-likeness (QED) is 0.631. The van der Waals surface area contributed by atoms with Crippen LogP contribution < -0.4 is 5.73 Å². The summed E-state index contributed by atoms with van der Waals surface area (Å²) in [5.74, 6) is -0.222. The van der Waals surface area contributed by atoms with Gasteiger partial charge in [-0.05, 0) is 40.3 Å². The summed E-state index contributed by atoms with van der Waals surface area (Å²) in [6.45, 7) is 0.376. The Balaban J connectivity index is 0.00000161. The molecule has 4 N–H and O–H groups in total. The second-order valence-electron chi connectivity index (χ2n) is 4.73. The summed E-state index contributed by atoms with van der Waals surface area (Å²) in [4.78, 5) is 0. The number of fused-ring (bicyclic) bond motifs is 1. The zero-order chi connectivity index (χ0) is 14.1. The van der Waals surface area contributed by atoms with E-state index in [4.69, 9.17) is 5.73 Å². The third kappa shape index (κ3) is 2.66. The van der Waals surface area contributed by atoms with Crippen molar-refractivity contribution in [1.82, 2.24) is 0 Å². The van der Waals surface area contributed by atoms with Crippen LogP contribution in [0.25, 0.3) is 21.9 Å². The average molecular weight is 302 g/mol. The van der Waals surface area contributed by atoms with Gasteiger partial charge in [-0.1, -0.05) is 36.4 Å². The van der Waals surface area contributed by atoms with Crippen LogP contribution in [-0.2, 0) is 6.54 Å². The molecule has 0 unspecified atom stereocenters. The largest absolute Gasteiger partial charge is 0.504 e. The van der Waals surface area contributed by atoms with Crippen LogP contribution in [0.4, 0.5) is 0 Å². The predicted octanol–water partition coefficient (Wildman–Crippen LogP) is 3.80. The number of rotatable bonds is 2. The van der Waals surface area contributed by atoms with Crippen molar-refractivity contribution in [2.75, 3.05) is 0 Å². The third-order valence-electron chi connectivity index (χ3n) is 3.50. The molecule has 0 atom stereocenters. The highest BCUT2D eigenvalue weighted by Crippen LogP contribution is 2.37. The maximum Gasteiger partial charge on any atom is 0.165 e. The SMILES string of the molecule is Cl.NCc1cc(-c2ccccc2)cc2c(O)c(O)ccc12. The normalized spacial score (nSPS) is 10.3. The fraction of sp³-hybridized carbons (Fsp3) is 0.0588. The van der Waals surface area contributed by atoms with Crippen LogP contribution in [0.5, 0.6) is 11.5 Å². The van der Waals surface area contributed by atoms with Gasteiger partial charge in [0.15, 0.2) is 11.5 Å². The molecule has 0 saturated carbocycles. The van der Waals surface area contributed by atoms with Crippen LogP contribution in [0.2, 0.25) is 0 Å². The summed E-state index contributed by atoms with van der Waals surface area (Å²) in [5, 5.41) is 21.2. The minimum atomic E-state index is -0.120. The van der Waals surface area contributed by atoms with Gasteiger partial charge in [0, 0.05) is 11.9 Å². The summed E-state index contributed by atoms with van der Waals surface area (Å²) in [6.07, 6.45) is 0. The molecule has 3 aromatic rings. The number of hydrogen-bond donors (Lipinski definition) is 3. The van der Waals surface area contributed by atoms with E-state index in [1.165, 1.54) is 6.07 Å². The molecule has 0 saturated heterocycles. The second-order valence-corrected chi connectivity index (χ2v) is 4.73. The van der Waals surface area contributed by atoms with E-state index in [1.54, 1.807) is 6.07 Å². The Morgan fingerprint density at radius 1 is 0.810 bits per heavy atom. The van der Waals surface area contributed by atoms with Crippen LogP contribution in [0.15, 0.2) is 54.6 Å². The molecule has 0 aliphatic heterocycles. The molecule has 3 nitrogen and oxygen atoms in total. The number of aromatic hydroxyl groups is 2. The standard InChI is InChI=1S/C17H15NO2.ClH/c18-10-13-8-12(11-4-2-1-3-5-11)9-15-14(13)6-7-16(19)17(15)20;/h1-9,19-20H,10,18H2;1H. The number of nitrogens with two attached hydrogens (primary N) is 1. The van der Waals surface area contributed by atoms with Crippen LogP contribution in [0.3, 0.4) is 0 Å². The van der Waals surface area contributed by atoms with Gasteiger partial charge in [0.25, 0.3) is 0 Å². The lowest BCUT2D eigenvalue weighted by Gasteiger charge is -2.11. The van der Waals surface area contributed by atoms with Crippen molar-refractivity contribution in [3.8, 4) is 22.6 Å². The van der Waals surface area contributed by atoms with E-state index in [9.17, 15) is 10.2 Å². The molecule has 0 fully saturated rings. The molecule has 0 amide bonds. The first kappa shape index (κ1) is 15.2. The number of phenolic OH excluding ortho intramolecular Hbond substituents is 2. The van der Waals surface area contributed by atoms with E-state index in [2.05, 4.69) is 0 Å². The van der Waals surface area contributed by atoms with E-state index in [-0.39, 0.29) is 23.9 Å². The lowest BCUT2D eigenvalue weighted by atomic mass is 9.96. The third-order valence-corrected chi connectivity index (χ3v) is 3.50. The van der Waals surface area contributed by atoms with Crippen molar-refractivity contribution >= 4 is 23.2 Å². The molecule has 3 rings (SSSR count). The molecule has 0 heterocycles. The molecule has 0 bridgehead atoms. The van der Waals surface area contributed by atoms with Gasteiger partial charge in [0.2, 0.25) is 0 Å². The highest BCUT2D eigenvalue weighted by molar-refractivity contribution is 5.96. The second kappa shape index (κ2) is 6.04. The molecule has 4 heteroatoms. The summed E-state index contributed by atoms with van der Waals surface area (Å²) >= 11 is 0. The van der Waals surface area contributed by atoms with Crippen LogP contribution >= 0.6 is 12.4 Å². The lowest BCUT2D eigenvalue weighted by molar-refractivity contribution is 0.408. The monoisotopic (exact) mass is 301 g/mol. The number of hydrogen-bond acceptors (Lipinski definition) is 3. The highest BCUT2D eigenvalue weighted by Gasteiger charge is 2.10. The Morgan fingerprint density at radius 2 is 1.52 bits per heavy atom. The van der Waals surface area contributed by atoms with Gasteiger partial charge in [-0.25, -0.2) is 0 Å². The first-order valence-electron chi connectivity index (χ1n) is 6.44. The van der Waals surface area contributed by atoms with Gasteiger partial charge in [-0.3, -0.25) is 0 Å². The maximum atomic E-state index is 10.1. The Labute approximate surface area is 129 Å². The molecule has 0 aliphatic carbocycles. The van der Waals surface area contributed by atoms with Crippen molar-refractivity contribution in [3.05, 3.63) is 60.2 Å². The van der Waals surface area contributed by atoms with Crippen molar-refractivity contribution in [2.45, 2.75) is 6.54 Å². The number of benzene rings is 3. The average Bonchev–Trinajstić information content (AvgIpc) is 2.51. The van der Waals surface area contributed by atoms with E-state index >= 15 is 0 Å². The molecular weight excluding hydrogens is 286 g/mol. The fourth-order valence-electron chi connectivity index (χ4n) is 2.45. The zero-order valence-corrected chi connectivity index (χ0v) is 12.1. The number of phenols is 2. The predicted molar refractivity (Wildman–Crippen MR) is 87.9 cm³/mol. The topological polar surface area (TPSA) is 66.5 Å². The minimum Gasteiger partial charge on any atom is -0.504 e. The van der Waals surface area contributed by atoms with E-state index in [1.807, 2.05) is 42.5 Å². The molecule has 3 aromatic carbocycles. The molecule has 108 valence electrons. The van der Waals surface area contributed by atoms with E-state index in [0.717, 1.165) is 22.1 Å². The Kier molecular flexibility index (Phi) is 4.36. The van der Waals surface area contributed by atoms with Gasteiger partial charge < -0.3 is 15.9 Å². The van der Waals surface area contributed by atoms with Crippen LogP contribution in [0, 0.1) is 0 Å². The Hall–Kier alpha value is -2.23. The van der Waals surface area contributed by atoms with E-state index < -0.39 is 0 Å². The highest BCUT2D eigenvalue weighted by atomic mass is 35.5. The molecule has 21 heavy (non-hydrogen) atoms. The first-order valence-corrected chi connectivity index (χ1v) is 6.44. The van der Waals surface area contributed by atoms with Gasteiger partial charge in [0.1, 0.15) is 0 Å². The summed E-state index contributed by atoms with van der Waals surface area (Å²) in [6, 6.07) is 17.0.